The van der Waals surface area contributed by atoms with Gasteiger partial charge < -0.3 is 29.7 Å². The van der Waals surface area contributed by atoms with Crippen molar-refractivity contribution in [2.24, 2.45) is 0 Å². The quantitative estimate of drug-likeness (QED) is 0.359. The molecule has 0 bridgehead atoms. The molecule has 0 aliphatic heterocycles. The molecule has 27 heavy (non-hydrogen) atoms. The first kappa shape index (κ1) is 21.0. The molecule has 0 spiro atoms. The van der Waals surface area contributed by atoms with Crippen LogP contribution in [-0.2, 0) is 11.1 Å². The van der Waals surface area contributed by atoms with E-state index in [1.54, 1.807) is 19.6 Å². The second kappa shape index (κ2) is 8.15. The highest BCUT2D eigenvalue weighted by atomic mass is 35.5. The van der Waals surface area contributed by atoms with Gasteiger partial charge in [-0.2, -0.15) is 9.97 Å². The molecule has 5 N–H and O–H groups in total. The number of rotatable bonds is 3. The molecule has 3 aromatic rings. The average Bonchev–Trinajstić information content (AvgIpc) is 2.92. The van der Waals surface area contributed by atoms with Crippen LogP contribution in [0.1, 0.15) is 16.8 Å². The third-order valence-electron chi connectivity index (χ3n) is 3.51. The van der Waals surface area contributed by atoms with Crippen LogP contribution in [-0.4, -0.2) is 46.3 Å². The van der Waals surface area contributed by atoms with Gasteiger partial charge in [-0.25, -0.2) is 9.55 Å². The van der Waals surface area contributed by atoms with Crippen molar-refractivity contribution in [1.29, 1.82) is 0 Å². The van der Waals surface area contributed by atoms with Gasteiger partial charge >= 0.3 is 7.82 Å². The minimum Gasteiger partial charge on any atom is -0.496 e. The van der Waals surface area contributed by atoms with E-state index in [0.29, 0.717) is 17.7 Å². The average molecular weight is 417 g/mol. The lowest BCUT2D eigenvalue weighted by Gasteiger charge is -2.12. The zero-order valence-corrected chi connectivity index (χ0v) is 16.3. The highest BCUT2D eigenvalue weighted by Gasteiger charge is 2.14. The van der Waals surface area contributed by atoms with Gasteiger partial charge in [0.2, 0.25) is 5.95 Å². The molecule has 0 fully saturated rings. The molecular weight excluding hydrogens is 399 g/mol. The zero-order chi connectivity index (χ0) is 20.4. The summed E-state index contributed by atoms with van der Waals surface area (Å²) in [6.45, 7) is 4.43. The first-order valence-corrected chi connectivity index (χ1v) is 9.36. The van der Waals surface area contributed by atoms with E-state index in [2.05, 4.69) is 19.9 Å². The Kier molecular flexibility index (Phi) is 6.34. The van der Waals surface area contributed by atoms with Crippen molar-refractivity contribution >= 4 is 36.5 Å². The number of hydrogen-bond acceptors (Lipinski definition) is 7. The van der Waals surface area contributed by atoms with Crippen molar-refractivity contribution in [2.45, 2.75) is 20.4 Å². The predicted molar refractivity (Wildman–Crippen MR) is 98.4 cm³/mol. The summed E-state index contributed by atoms with van der Waals surface area (Å²) in [5.41, 5.74) is 9.61. The molecule has 0 radical (unpaired) electrons. The van der Waals surface area contributed by atoms with E-state index in [0.717, 1.165) is 22.6 Å². The summed E-state index contributed by atoms with van der Waals surface area (Å²) in [5.74, 6) is 0.951. The SMILES string of the molecule is COc1c(C)cnc(Cn2cnc3c(Cl)nc(N)nc32)c1C.O=P(O)(O)O. The standard InChI is InChI=1S/C14H15ClN6O.H3O4P/c1-7-4-17-9(8(2)11(7)22-3)5-21-6-18-10-12(15)19-14(16)20-13(10)21;1-5(2,3)4/h4,6H,5H2,1-3H3,(H2,16,19,20);(H3,1,2,3,4). The third kappa shape index (κ3) is 5.34. The fraction of sp³-hybridized carbons (Fsp3) is 0.286. The maximum absolute atomic E-state index is 8.88. The number of methoxy groups -OCH3 is 1. The first-order valence-electron chi connectivity index (χ1n) is 7.42. The van der Waals surface area contributed by atoms with E-state index in [1.165, 1.54) is 0 Å². The molecule has 3 rings (SSSR count). The Balaban J connectivity index is 0.000000465. The zero-order valence-electron chi connectivity index (χ0n) is 14.7. The van der Waals surface area contributed by atoms with Crippen LogP contribution in [0.25, 0.3) is 11.2 Å². The minimum absolute atomic E-state index is 0.116. The van der Waals surface area contributed by atoms with Gasteiger partial charge in [-0.1, -0.05) is 11.6 Å². The number of pyridine rings is 1. The number of hydrogen-bond donors (Lipinski definition) is 4. The molecule has 0 atom stereocenters. The second-order valence-electron chi connectivity index (χ2n) is 5.48. The van der Waals surface area contributed by atoms with Crippen LogP contribution in [0.2, 0.25) is 5.15 Å². The number of imidazole rings is 1. The molecule has 0 saturated carbocycles. The molecule has 0 aromatic carbocycles. The molecular formula is C14H18ClN6O5P. The normalized spacial score (nSPS) is 11.2. The van der Waals surface area contributed by atoms with Crippen molar-refractivity contribution in [2.75, 3.05) is 12.8 Å². The molecule has 3 aromatic heterocycles. The van der Waals surface area contributed by atoms with E-state index in [1.807, 2.05) is 18.4 Å². The van der Waals surface area contributed by atoms with Crippen molar-refractivity contribution in [3.8, 4) is 5.75 Å². The molecule has 0 aliphatic rings. The van der Waals surface area contributed by atoms with Crippen LogP contribution < -0.4 is 10.5 Å². The third-order valence-corrected chi connectivity index (χ3v) is 3.77. The Morgan fingerprint density at radius 2 is 1.89 bits per heavy atom. The fourth-order valence-electron chi connectivity index (χ4n) is 2.43. The van der Waals surface area contributed by atoms with E-state index in [-0.39, 0.29) is 11.1 Å². The van der Waals surface area contributed by atoms with E-state index in [9.17, 15) is 0 Å². The lowest BCUT2D eigenvalue weighted by Crippen LogP contribution is -2.07. The van der Waals surface area contributed by atoms with Crippen LogP contribution in [0.5, 0.6) is 5.75 Å². The molecule has 146 valence electrons. The monoisotopic (exact) mass is 416 g/mol. The van der Waals surface area contributed by atoms with Crippen molar-refractivity contribution in [3.05, 3.63) is 34.5 Å². The van der Waals surface area contributed by atoms with Crippen molar-refractivity contribution in [1.82, 2.24) is 24.5 Å². The number of phosphoric acid groups is 1. The highest BCUT2D eigenvalue weighted by molar-refractivity contribution is 7.45. The molecule has 0 amide bonds. The maximum atomic E-state index is 8.88. The summed E-state index contributed by atoms with van der Waals surface area (Å²) in [4.78, 5) is 38.4. The molecule has 13 heteroatoms. The van der Waals surface area contributed by atoms with Gasteiger partial charge in [0.25, 0.3) is 0 Å². The van der Waals surface area contributed by atoms with Crippen LogP contribution in [0.15, 0.2) is 12.5 Å². The molecule has 0 aliphatic carbocycles. The number of fused-ring (bicyclic) bond motifs is 1. The lowest BCUT2D eigenvalue weighted by molar-refractivity contribution is 0.275. The number of aryl methyl sites for hydroxylation is 1. The summed E-state index contributed by atoms with van der Waals surface area (Å²) < 4.78 is 16.1. The Hall–Kier alpha value is -2.30. The second-order valence-corrected chi connectivity index (χ2v) is 6.86. The van der Waals surface area contributed by atoms with Crippen molar-refractivity contribution in [3.63, 3.8) is 0 Å². The Labute approximate surface area is 159 Å². The molecule has 0 saturated heterocycles. The summed E-state index contributed by atoms with van der Waals surface area (Å²) in [6, 6.07) is 0. The first-order chi connectivity index (χ1) is 12.5. The van der Waals surface area contributed by atoms with Gasteiger partial charge in [-0.3, -0.25) is 4.98 Å². The van der Waals surface area contributed by atoms with Gasteiger partial charge in [0, 0.05) is 17.3 Å². The van der Waals surface area contributed by atoms with Crippen molar-refractivity contribution < 1.29 is 24.0 Å². The summed E-state index contributed by atoms with van der Waals surface area (Å²) >= 11 is 6.04. The van der Waals surface area contributed by atoms with Crippen LogP contribution in [0.3, 0.4) is 0 Å². The van der Waals surface area contributed by atoms with E-state index < -0.39 is 7.82 Å². The Morgan fingerprint density at radius 3 is 2.48 bits per heavy atom. The number of nitrogens with zero attached hydrogens (tertiary/aromatic N) is 5. The predicted octanol–water partition coefficient (Wildman–Crippen LogP) is 1.20. The minimum atomic E-state index is -4.64. The van der Waals surface area contributed by atoms with Crippen LogP contribution >= 0.6 is 19.4 Å². The number of nitrogens with two attached hydrogens (primary N) is 1. The fourth-order valence-corrected chi connectivity index (χ4v) is 2.65. The lowest BCUT2D eigenvalue weighted by atomic mass is 10.1. The molecule has 0 unspecified atom stereocenters. The summed E-state index contributed by atoms with van der Waals surface area (Å²) in [6.07, 6.45) is 3.44. The Bertz CT molecular complexity index is 1010. The van der Waals surface area contributed by atoms with Gasteiger partial charge in [0.05, 0.1) is 25.7 Å². The van der Waals surface area contributed by atoms with Crippen LogP contribution in [0.4, 0.5) is 5.95 Å². The molecule has 11 nitrogen and oxygen atoms in total. The highest BCUT2D eigenvalue weighted by Crippen LogP contribution is 2.26. The topological polar surface area (TPSA) is 169 Å². The smallest absolute Gasteiger partial charge is 0.466 e. The van der Waals surface area contributed by atoms with E-state index >= 15 is 0 Å². The van der Waals surface area contributed by atoms with Gasteiger partial charge in [0.15, 0.2) is 10.8 Å². The number of nitrogen functional groups attached to an aromatic ring is 1. The summed E-state index contributed by atoms with van der Waals surface area (Å²) in [5, 5.41) is 0.243. The summed E-state index contributed by atoms with van der Waals surface area (Å²) in [7, 11) is -2.99. The largest absolute Gasteiger partial charge is 0.496 e. The molecule has 3 heterocycles. The maximum Gasteiger partial charge on any atom is 0.466 e. The number of aromatic nitrogens is 5. The number of halogens is 1. The van der Waals surface area contributed by atoms with E-state index in [4.69, 9.17) is 41.3 Å². The van der Waals surface area contributed by atoms with Gasteiger partial charge in [-0.15, -0.1) is 0 Å². The Morgan fingerprint density at radius 1 is 1.26 bits per heavy atom. The number of ether oxygens (including phenoxy) is 1. The van der Waals surface area contributed by atoms with Gasteiger partial charge in [0.1, 0.15) is 11.3 Å². The van der Waals surface area contributed by atoms with Crippen LogP contribution in [0, 0.1) is 13.8 Å². The van der Waals surface area contributed by atoms with Gasteiger partial charge in [-0.05, 0) is 13.8 Å². The number of anilines is 1.